The number of rotatable bonds is 3. The molecule has 0 radical (unpaired) electrons. The SMILES string of the molecule is CCOc1cc([C@H]2NC(=O)c3c(sc4c3CCCC4)N2)ccc1O. The van der Waals surface area contributed by atoms with E-state index in [1.54, 1.807) is 29.5 Å². The summed E-state index contributed by atoms with van der Waals surface area (Å²) in [6, 6.07) is 5.17. The predicted molar refractivity (Wildman–Crippen MR) is 94.1 cm³/mol. The van der Waals surface area contributed by atoms with Gasteiger partial charge in [-0.1, -0.05) is 6.07 Å². The molecule has 1 amide bonds. The van der Waals surface area contributed by atoms with Gasteiger partial charge in [0.05, 0.1) is 12.2 Å². The number of hydrogen-bond acceptors (Lipinski definition) is 5. The van der Waals surface area contributed by atoms with Crippen LogP contribution in [0.15, 0.2) is 18.2 Å². The van der Waals surface area contributed by atoms with E-state index in [0.29, 0.717) is 12.4 Å². The Labute approximate surface area is 144 Å². The lowest BCUT2D eigenvalue weighted by molar-refractivity contribution is 0.0935. The molecular weight excluding hydrogens is 324 g/mol. The van der Waals surface area contributed by atoms with Gasteiger partial charge >= 0.3 is 0 Å². The molecule has 1 aliphatic carbocycles. The van der Waals surface area contributed by atoms with Crippen molar-refractivity contribution in [2.45, 2.75) is 38.8 Å². The lowest BCUT2D eigenvalue weighted by Gasteiger charge is -2.27. The highest BCUT2D eigenvalue weighted by Gasteiger charge is 2.32. The number of phenols is 1. The van der Waals surface area contributed by atoms with Crippen molar-refractivity contribution in [3.05, 3.63) is 39.8 Å². The van der Waals surface area contributed by atoms with Crippen LogP contribution in [-0.4, -0.2) is 17.6 Å². The van der Waals surface area contributed by atoms with Crippen LogP contribution in [0.2, 0.25) is 0 Å². The molecule has 2 aliphatic rings. The smallest absolute Gasteiger partial charge is 0.256 e. The van der Waals surface area contributed by atoms with Gasteiger partial charge in [0.15, 0.2) is 11.5 Å². The molecule has 0 bridgehead atoms. The molecule has 0 unspecified atom stereocenters. The zero-order chi connectivity index (χ0) is 16.7. The van der Waals surface area contributed by atoms with Gasteiger partial charge in [0.25, 0.3) is 5.91 Å². The number of benzene rings is 1. The van der Waals surface area contributed by atoms with E-state index in [1.165, 1.54) is 16.9 Å². The first-order chi connectivity index (χ1) is 11.7. The van der Waals surface area contributed by atoms with Gasteiger partial charge in [-0.2, -0.15) is 0 Å². The number of carbonyl (C=O) groups excluding carboxylic acids is 1. The van der Waals surface area contributed by atoms with E-state index in [0.717, 1.165) is 35.4 Å². The third-order valence-electron chi connectivity index (χ3n) is 4.57. The largest absolute Gasteiger partial charge is 0.504 e. The molecule has 4 rings (SSSR count). The fourth-order valence-electron chi connectivity index (χ4n) is 3.43. The van der Waals surface area contributed by atoms with E-state index >= 15 is 0 Å². The van der Waals surface area contributed by atoms with Crippen LogP contribution in [0.5, 0.6) is 11.5 Å². The molecule has 3 N–H and O–H groups in total. The highest BCUT2D eigenvalue weighted by molar-refractivity contribution is 7.16. The number of phenolic OH excluding ortho intramolecular Hbond substituents is 1. The average molecular weight is 344 g/mol. The van der Waals surface area contributed by atoms with E-state index in [-0.39, 0.29) is 17.8 Å². The maximum absolute atomic E-state index is 12.7. The molecule has 2 heterocycles. The van der Waals surface area contributed by atoms with Crippen LogP contribution in [0.4, 0.5) is 5.00 Å². The molecule has 1 aliphatic heterocycles. The van der Waals surface area contributed by atoms with Crippen LogP contribution < -0.4 is 15.4 Å². The van der Waals surface area contributed by atoms with Crippen molar-refractivity contribution in [1.82, 2.24) is 5.32 Å². The van der Waals surface area contributed by atoms with Gasteiger partial charge in [-0.3, -0.25) is 4.79 Å². The number of nitrogens with one attached hydrogen (secondary N) is 2. The number of fused-ring (bicyclic) bond motifs is 3. The fourth-order valence-corrected chi connectivity index (χ4v) is 4.74. The molecule has 5 nitrogen and oxygen atoms in total. The van der Waals surface area contributed by atoms with Crippen LogP contribution in [0.3, 0.4) is 0 Å². The first-order valence-electron chi connectivity index (χ1n) is 8.35. The van der Waals surface area contributed by atoms with Crippen molar-refractivity contribution < 1.29 is 14.6 Å². The minimum absolute atomic E-state index is 0.0146. The van der Waals surface area contributed by atoms with Crippen molar-refractivity contribution in [1.29, 1.82) is 0 Å². The van der Waals surface area contributed by atoms with E-state index in [4.69, 9.17) is 4.74 Å². The topological polar surface area (TPSA) is 70.6 Å². The number of aryl methyl sites for hydroxylation is 1. The Morgan fingerprint density at radius 2 is 2.12 bits per heavy atom. The van der Waals surface area contributed by atoms with Crippen LogP contribution in [0.1, 0.15) is 52.3 Å². The summed E-state index contributed by atoms with van der Waals surface area (Å²) >= 11 is 1.70. The fraction of sp³-hybridized carbons (Fsp3) is 0.389. The standard InChI is InChI=1S/C18H20N2O3S/c1-2-23-13-9-10(7-8-12(13)21)16-19-17(22)15-11-5-3-4-6-14(11)24-18(15)20-16/h7-9,16,20-21H,2-6H2,1H3,(H,19,22)/t16-/m0/s1. The lowest BCUT2D eigenvalue weighted by Crippen LogP contribution is -2.38. The monoisotopic (exact) mass is 344 g/mol. The summed E-state index contributed by atoms with van der Waals surface area (Å²) in [6.45, 7) is 2.35. The maximum atomic E-state index is 12.7. The van der Waals surface area contributed by atoms with Gasteiger partial charge in [0.2, 0.25) is 0 Å². The molecule has 0 saturated carbocycles. The van der Waals surface area contributed by atoms with Gasteiger partial charge in [-0.25, -0.2) is 0 Å². The highest BCUT2D eigenvalue weighted by Crippen LogP contribution is 2.42. The van der Waals surface area contributed by atoms with Crippen LogP contribution in [0, 0.1) is 0 Å². The normalized spacial score (nSPS) is 19.0. The molecule has 2 aromatic rings. The summed E-state index contributed by atoms with van der Waals surface area (Å²) in [6.07, 6.45) is 4.11. The summed E-state index contributed by atoms with van der Waals surface area (Å²) in [5, 5.41) is 17.3. The minimum Gasteiger partial charge on any atom is -0.504 e. The molecule has 6 heteroatoms. The Bertz CT molecular complexity index is 800. The number of thiophene rings is 1. The highest BCUT2D eigenvalue weighted by atomic mass is 32.1. The Kier molecular flexibility index (Phi) is 3.84. The zero-order valence-corrected chi connectivity index (χ0v) is 14.3. The van der Waals surface area contributed by atoms with Gasteiger partial charge < -0.3 is 20.5 Å². The quantitative estimate of drug-likeness (QED) is 0.796. The molecule has 126 valence electrons. The zero-order valence-electron chi connectivity index (χ0n) is 13.5. The summed E-state index contributed by atoms with van der Waals surface area (Å²) in [4.78, 5) is 14.0. The minimum atomic E-state index is -0.315. The van der Waals surface area contributed by atoms with Gasteiger partial charge in [-0.05, 0) is 55.9 Å². The number of aromatic hydroxyl groups is 1. The molecule has 1 atom stereocenters. The first-order valence-corrected chi connectivity index (χ1v) is 9.16. The van der Waals surface area contributed by atoms with Gasteiger partial charge in [0, 0.05) is 4.88 Å². The molecule has 0 spiro atoms. The van der Waals surface area contributed by atoms with E-state index in [1.807, 2.05) is 6.92 Å². The summed E-state index contributed by atoms with van der Waals surface area (Å²) in [5.41, 5.74) is 2.92. The number of anilines is 1. The summed E-state index contributed by atoms with van der Waals surface area (Å²) in [5.74, 6) is 0.525. The Balaban J connectivity index is 1.67. The van der Waals surface area contributed by atoms with Crippen molar-refractivity contribution in [3.8, 4) is 11.5 Å². The van der Waals surface area contributed by atoms with Crippen LogP contribution in [-0.2, 0) is 12.8 Å². The van der Waals surface area contributed by atoms with Gasteiger partial charge in [-0.15, -0.1) is 11.3 Å². The van der Waals surface area contributed by atoms with Crippen molar-refractivity contribution in [2.75, 3.05) is 11.9 Å². The first kappa shape index (κ1) is 15.3. The molecule has 24 heavy (non-hydrogen) atoms. The lowest BCUT2D eigenvalue weighted by atomic mass is 9.94. The predicted octanol–water partition coefficient (Wildman–Crippen LogP) is 3.59. The molecule has 1 aromatic carbocycles. The van der Waals surface area contributed by atoms with Gasteiger partial charge in [0.1, 0.15) is 11.2 Å². The van der Waals surface area contributed by atoms with Crippen molar-refractivity contribution >= 4 is 22.2 Å². The van der Waals surface area contributed by atoms with E-state index < -0.39 is 0 Å². The average Bonchev–Trinajstić information content (AvgIpc) is 2.96. The molecule has 0 saturated heterocycles. The summed E-state index contributed by atoms with van der Waals surface area (Å²) in [7, 11) is 0. The number of amides is 1. The third kappa shape index (κ3) is 2.51. The number of hydrogen-bond donors (Lipinski definition) is 3. The van der Waals surface area contributed by atoms with Crippen molar-refractivity contribution in [2.24, 2.45) is 0 Å². The second-order valence-electron chi connectivity index (χ2n) is 6.13. The number of ether oxygens (including phenoxy) is 1. The second kappa shape index (κ2) is 6.02. The molecule has 0 fully saturated rings. The van der Waals surface area contributed by atoms with E-state index in [9.17, 15) is 9.90 Å². The molecule has 1 aromatic heterocycles. The van der Waals surface area contributed by atoms with Crippen LogP contribution >= 0.6 is 11.3 Å². The Morgan fingerprint density at radius 3 is 2.96 bits per heavy atom. The maximum Gasteiger partial charge on any atom is 0.256 e. The second-order valence-corrected chi connectivity index (χ2v) is 7.23. The number of carbonyl (C=O) groups is 1. The van der Waals surface area contributed by atoms with Crippen LogP contribution in [0.25, 0.3) is 0 Å². The molecular formula is C18H20N2O3S. The Hall–Kier alpha value is -2.21. The van der Waals surface area contributed by atoms with E-state index in [2.05, 4.69) is 10.6 Å². The van der Waals surface area contributed by atoms with Crippen molar-refractivity contribution in [3.63, 3.8) is 0 Å². The third-order valence-corrected chi connectivity index (χ3v) is 5.79. The Morgan fingerprint density at radius 1 is 1.29 bits per heavy atom. The summed E-state index contributed by atoms with van der Waals surface area (Å²) < 4.78 is 5.44.